The average molecular weight is 235 g/mol. The largest absolute Gasteiger partial charge is 0.496 e. The van der Waals surface area contributed by atoms with E-state index >= 15 is 0 Å². The minimum Gasteiger partial charge on any atom is -0.496 e. The van der Waals surface area contributed by atoms with E-state index in [9.17, 15) is 0 Å². The number of para-hydroxylation sites is 1. The third-order valence-electron chi connectivity index (χ3n) is 3.16. The highest BCUT2D eigenvalue weighted by Gasteiger charge is 2.10. The van der Waals surface area contributed by atoms with Crippen LogP contribution in [0.2, 0.25) is 0 Å². The second-order valence-electron chi connectivity index (χ2n) is 4.55. The number of ether oxygens (including phenoxy) is 1. The maximum absolute atomic E-state index is 6.21. The van der Waals surface area contributed by atoms with Crippen molar-refractivity contribution in [2.75, 3.05) is 7.11 Å². The molecule has 2 heteroatoms. The summed E-state index contributed by atoms with van der Waals surface area (Å²) < 4.78 is 5.33. The van der Waals surface area contributed by atoms with Gasteiger partial charge in [-0.1, -0.05) is 57.2 Å². The van der Waals surface area contributed by atoms with Gasteiger partial charge in [0.2, 0.25) is 0 Å². The van der Waals surface area contributed by atoms with E-state index in [-0.39, 0.29) is 6.04 Å². The monoisotopic (exact) mass is 235 g/mol. The molecule has 0 aliphatic carbocycles. The molecular weight excluding hydrogens is 210 g/mol. The summed E-state index contributed by atoms with van der Waals surface area (Å²) in [6.45, 7) is 2.24. The van der Waals surface area contributed by atoms with Gasteiger partial charge in [-0.3, -0.25) is 0 Å². The van der Waals surface area contributed by atoms with Gasteiger partial charge in [0.05, 0.1) is 7.11 Å². The maximum Gasteiger partial charge on any atom is 0.123 e. The maximum atomic E-state index is 6.21. The molecule has 0 saturated heterocycles. The van der Waals surface area contributed by atoms with Gasteiger partial charge >= 0.3 is 0 Å². The van der Waals surface area contributed by atoms with Crippen LogP contribution in [0, 0.1) is 0 Å². The summed E-state index contributed by atoms with van der Waals surface area (Å²) in [5.41, 5.74) is 7.34. The quantitative estimate of drug-likeness (QED) is 0.690. The fourth-order valence-corrected chi connectivity index (χ4v) is 2.10. The zero-order valence-corrected chi connectivity index (χ0v) is 11.1. The van der Waals surface area contributed by atoms with Crippen molar-refractivity contribution in [3.63, 3.8) is 0 Å². The number of hydrogen-bond donors (Lipinski definition) is 1. The van der Waals surface area contributed by atoms with Gasteiger partial charge in [-0.2, -0.15) is 0 Å². The molecule has 1 unspecified atom stereocenters. The SMILES string of the molecule is CCCCCCCC(N)c1ccccc1OC. The Morgan fingerprint density at radius 2 is 1.82 bits per heavy atom. The second kappa shape index (κ2) is 8.13. The standard InChI is InChI=1S/C15H25NO/c1-3-4-5-6-7-11-14(16)13-10-8-9-12-15(13)17-2/h8-10,12,14H,3-7,11,16H2,1-2H3. The molecule has 0 radical (unpaired) electrons. The van der Waals surface area contributed by atoms with E-state index in [0.29, 0.717) is 0 Å². The molecule has 0 heterocycles. The van der Waals surface area contributed by atoms with Crippen LogP contribution in [0.1, 0.15) is 57.1 Å². The molecule has 1 atom stereocenters. The lowest BCUT2D eigenvalue weighted by atomic mass is 10.00. The van der Waals surface area contributed by atoms with Crippen molar-refractivity contribution in [1.82, 2.24) is 0 Å². The number of methoxy groups -OCH3 is 1. The zero-order chi connectivity index (χ0) is 12.5. The van der Waals surface area contributed by atoms with Crippen molar-refractivity contribution in [2.45, 2.75) is 51.5 Å². The van der Waals surface area contributed by atoms with Gasteiger partial charge in [0, 0.05) is 11.6 Å². The van der Waals surface area contributed by atoms with Crippen molar-refractivity contribution < 1.29 is 4.74 Å². The van der Waals surface area contributed by atoms with Crippen LogP contribution < -0.4 is 10.5 Å². The summed E-state index contributed by atoms with van der Waals surface area (Å²) in [6, 6.07) is 8.15. The number of rotatable bonds is 8. The Labute approximate surface area is 105 Å². The Kier molecular flexibility index (Phi) is 6.71. The molecule has 0 aliphatic rings. The normalized spacial score (nSPS) is 12.4. The lowest BCUT2D eigenvalue weighted by molar-refractivity contribution is 0.403. The van der Waals surface area contributed by atoms with Gasteiger partial charge in [0.1, 0.15) is 5.75 Å². The average Bonchev–Trinajstić information content (AvgIpc) is 2.38. The second-order valence-corrected chi connectivity index (χ2v) is 4.55. The smallest absolute Gasteiger partial charge is 0.123 e. The molecule has 0 aliphatic heterocycles. The van der Waals surface area contributed by atoms with Gasteiger partial charge < -0.3 is 10.5 Å². The van der Waals surface area contributed by atoms with Crippen molar-refractivity contribution >= 4 is 0 Å². The molecule has 0 spiro atoms. The van der Waals surface area contributed by atoms with E-state index in [1.54, 1.807) is 7.11 Å². The predicted molar refractivity (Wildman–Crippen MR) is 73.3 cm³/mol. The lowest BCUT2D eigenvalue weighted by Crippen LogP contribution is -2.11. The third kappa shape index (κ3) is 4.78. The van der Waals surface area contributed by atoms with Crippen LogP contribution >= 0.6 is 0 Å². The molecule has 0 saturated carbocycles. The zero-order valence-electron chi connectivity index (χ0n) is 11.1. The van der Waals surface area contributed by atoms with E-state index in [1.807, 2.05) is 18.2 Å². The Morgan fingerprint density at radius 3 is 2.53 bits per heavy atom. The van der Waals surface area contributed by atoms with Crippen molar-refractivity contribution in [3.05, 3.63) is 29.8 Å². The van der Waals surface area contributed by atoms with Crippen LogP contribution in [0.15, 0.2) is 24.3 Å². The molecule has 2 N–H and O–H groups in total. The Bertz CT molecular complexity index is 312. The van der Waals surface area contributed by atoms with Crippen LogP contribution in [0.3, 0.4) is 0 Å². The number of nitrogens with two attached hydrogens (primary N) is 1. The number of benzene rings is 1. The van der Waals surface area contributed by atoms with Gasteiger partial charge in [0.15, 0.2) is 0 Å². The first-order valence-corrected chi connectivity index (χ1v) is 6.68. The molecule has 1 rings (SSSR count). The molecule has 0 aromatic heterocycles. The van der Waals surface area contributed by atoms with E-state index in [1.165, 1.54) is 32.1 Å². The first-order valence-electron chi connectivity index (χ1n) is 6.68. The predicted octanol–water partition coefficient (Wildman–Crippen LogP) is 4.06. The van der Waals surface area contributed by atoms with Crippen LogP contribution in [0.5, 0.6) is 5.75 Å². The molecule has 0 amide bonds. The van der Waals surface area contributed by atoms with Gasteiger partial charge in [-0.05, 0) is 12.5 Å². The van der Waals surface area contributed by atoms with Gasteiger partial charge in [-0.15, -0.1) is 0 Å². The minimum atomic E-state index is 0.104. The first kappa shape index (κ1) is 14.0. The summed E-state index contributed by atoms with van der Waals surface area (Å²) in [6.07, 6.45) is 7.50. The molecule has 96 valence electrons. The fraction of sp³-hybridized carbons (Fsp3) is 0.600. The van der Waals surface area contributed by atoms with E-state index in [0.717, 1.165) is 17.7 Å². The summed E-state index contributed by atoms with van der Waals surface area (Å²) in [5, 5.41) is 0. The Hall–Kier alpha value is -1.02. The summed E-state index contributed by atoms with van der Waals surface area (Å²) in [4.78, 5) is 0. The molecule has 0 fully saturated rings. The summed E-state index contributed by atoms with van der Waals surface area (Å²) >= 11 is 0. The van der Waals surface area contributed by atoms with Crippen LogP contribution in [0.4, 0.5) is 0 Å². The van der Waals surface area contributed by atoms with Crippen molar-refractivity contribution in [1.29, 1.82) is 0 Å². The van der Waals surface area contributed by atoms with Crippen LogP contribution in [-0.4, -0.2) is 7.11 Å². The fourth-order valence-electron chi connectivity index (χ4n) is 2.10. The Balaban J connectivity index is 2.38. The Morgan fingerprint density at radius 1 is 1.12 bits per heavy atom. The topological polar surface area (TPSA) is 35.2 Å². The summed E-state index contributed by atoms with van der Waals surface area (Å²) in [5.74, 6) is 0.911. The highest BCUT2D eigenvalue weighted by Crippen LogP contribution is 2.26. The first-order chi connectivity index (χ1) is 8.29. The van der Waals surface area contributed by atoms with E-state index < -0.39 is 0 Å². The molecule has 2 nitrogen and oxygen atoms in total. The lowest BCUT2D eigenvalue weighted by Gasteiger charge is -2.15. The van der Waals surface area contributed by atoms with Crippen molar-refractivity contribution in [3.8, 4) is 5.75 Å². The summed E-state index contributed by atoms with van der Waals surface area (Å²) in [7, 11) is 1.70. The highest BCUT2D eigenvalue weighted by atomic mass is 16.5. The van der Waals surface area contributed by atoms with Gasteiger partial charge in [0.25, 0.3) is 0 Å². The van der Waals surface area contributed by atoms with Gasteiger partial charge in [-0.25, -0.2) is 0 Å². The number of unbranched alkanes of at least 4 members (excludes halogenated alkanes) is 4. The van der Waals surface area contributed by atoms with E-state index in [2.05, 4.69) is 13.0 Å². The van der Waals surface area contributed by atoms with Crippen molar-refractivity contribution in [2.24, 2.45) is 5.73 Å². The van der Waals surface area contributed by atoms with Crippen LogP contribution in [-0.2, 0) is 0 Å². The highest BCUT2D eigenvalue weighted by molar-refractivity contribution is 5.35. The molecule has 1 aromatic rings. The third-order valence-corrected chi connectivity index (χ3v) is 3.16. The molecular formula is C15H25NO. The molecule has 1 aromatic carbocycles. The van der Waals surface area contributed by atoms with E-state index in [4.69, 9.17) is 10.5 Å². The molecule has 17 heavy (non-hydrogen) atoms. The molecule has 0 bridgehead atoms. The minimum absolute atomic E-state index is 0.104. The number of hydrogen-bond acceptors (Lipinski definition) is 2. The van der Waals surface area contributed by atoms with Crippen LogP contribution in [0.25, 0.3) is 0 Å².